The molecule has 2 aliphatic carbocycles. The summed E-state index contributed by atoms with van der Waals surface area (Å²) in [6, 6.07) is 0. The fraction of sp³-hybridized carbons (Fsp3) is 0.875. The Kier molecular flexibility index (Phi) is 3.51. The Balaban J connectivity index is 1.78. The number of esters is 2. The van der Waals surface area contributed by atoms with E-state index in [9.17, 15) is 14.7 Å². The molecule has 3 fully saturated rings. The number of hydrogen-bond acceptors (Lipinski definition) is 5. The average Bonchev–Trinajstić information content (AvgIpc) is 3.10. The van der Waals surface area contributed by atoms with Crippen LogP contribution in [0.1, 0.15) is 33.6 Å². The van der Waals surface area contributed by atoms with Gasteiger partial charge in [-0.2, -0.15) is 0 Å². The summed E-state index contributed by atoms with van der Waals surface area (Å²) in [5, 5.41) is 9.69. The minimum Gasteiger partial charge on any atom is -0.465 e. The van der Waals surface area contributed by atoms with Crippen LogP contribution < -0.4 is 0 Å². The van der Waals surface area contributed by atoms with Gasteiger partial charge in [-0.25, -0.2) is 0 Å². The zero-order chi connectivity index (χ0) is 15.4. The highest BCUT2D eigenvalue weighted by Crippen LogP contribution is 2.58. The van der Waals surface area contributed by atoms with Gasteiger partial charge in [0.1, 0.15) is 6.10 Å². The summed E-state index contributed by atoms with van der Waals surface area (Å²) in [5.74, 6) is -0.150. The van der Waals surface area contributed by atoms with E-state index in [1.54, 1.807) is 0 Å². The maximum absolute atomic E-state index is 12.3. The molecule has 0 aromatic carbocycles. The molecule has 6 unspecified atom stereocenters. The quantitative estimate of drug-likeness (QED) is 0.794. The van der Waals surface area contributed by atoms with Crippen LogP contribution >= 0.6 is 0 Å². The third kappa shape index (κ3) is 2.08. The molecular weight excluding hydrogens is 272 g/mol. The molecule has 0 aromatic heterocycles. The van der Waals surface area contributed by atoms with Crippen LogP contribution in [0.25, 0.3) is 0 Å². The molecule has 0 spiro atoms. The summed E-state index contributed by atoms with van der Waals surface area (Å²) in [7, 11) is 0. The molecule has 5 nitrogen and oxygen atoms in total. The number of carbonyl (C=O) groups excluding carboxylic acids is 2. The highest BCUT2D eigenvalue weighted by Gasteiger charge is 2.64. The van der Waals surface area contributed by atoms with Gasteiger partial charge in [-0.15, -0.1) is 0 Å². The fourth-order valence-electron chi connectivity index (χ4n) is 4.29. The second kappa shape index (κ2) is 4.97. The number of cyclic esters (lactones) is 1. The predicted octanol–water partition coefficient (Wildman–Crippen LogP) is 1.38. The van der Waals surface area contributed by atoms with Crippen LogP contribution in [0.15, 0.2) is 0 Å². The van der Waals surface area contributed by atoms with Crippen molar-refractivity contribution in [3.63, 3.8) is 0 Å². The Morgan fingerprint density at radius 3 is 2.71 bits per heavy atom. The summed E-state index contributed by atoms with van der Waals surface area (Å²) < 4.78 is 11.0. The zero-order valence-electron chi connectivity index (χ0n) is 12.9. The normalized spacial score (nSPS) is 41.0. The maximum atomic E-state index is 12.3. The summed E-state index contributed by atoms with van der Waals surface area (Å²) in [5.41, 5.74) is -0.511. The third-order valence-corrected chi connectivity index (χ3v) is 5.99. The Hall–Kier alpha value is -1.10. The lowest BCUT2D eigenvalue weighted by Gasteiger charge is -2.36. The number of aliphatic hydroxyl groups excluding tert-OH is 1. The lowest BCUT2D eigenvalue weighted by molar-refractivity contribution is -0.169. The van der Waals surface area contributed by atoms with Gasteiger partial charge in [0.2, 0.25) is 0 Å². The van der Waals surface area contributed by atoms with E-state index in [1.165, 1.54) is 0 Å². The number of rotatable bonds is 4. The van der Waals surface area contributed by atoms with Crippen molar-refractivity contribution in [1.82, 2.24) is 0 Å². The van der Waals surface area contributed by atoms with Crippen LogP contribution in [-0.4, -0.2) is 36.4 Å². The second-order valence-corrected chi connectivity index (χ2v) is 7.34. The van der Waals surface area contributed by atoms with Gasteiger partial charge < -0.3 is 14.6 Å². The van der Waals surface area contributed by atoms with Gasteiger partial charge in [0.15, 0.2) is 0 Å². The molecule has 21 heavy (non-hydrogen) atoms. The molecule has 1 heterocycles. The molecule has 118 valence electrons. The van der Waals surface area contributed by atoms with Crippen molar-refractivity contribution in [2.24, 2.45) is 35.0 Å². The van der Waals surface area contributed by atoms with E-state index < -0.39 is 5.41 Å². The first-order chi connectivity index (χ1) is 9.90. The monoisotopic (exact) mass is 296 g/mol. The summed E-state index contributed by atoms with van der Waals surface area (Å²) in [6.07, 6.45) is 1.30. The van der Waals surface area contributed by atoms with Crippen molar-refractivity contribution < 1.29 is 24.2 Å². The van der Waals surface area contributed by atoms with Gasteiger partial charge in [0, 0.05) is 24.4 Å². The van der Waals surface area contributed by atoms with Crippen molar-refractivity contribution in [2.75, 3.05) is 13.2 Å². The second-order valence-electron chi connectivity index (χ2n) is 7.34. The van der Waals surface area contributed by atoms with E-state index in [1.807, 2.05) is 20.8 Å². The van der Waals surface area contributed by atoms with Crippen molar-refractivity contribution in [1.29, 1.82) is 0 Å². The maximum Gasteiger partial charge on any atom is 0.311 e. The SMILES string of the molecule is CCC(C)(C)C(=O)OC1C2CC(C1CO)C1C(=O)OCC21. The molecule has 3 rings (SSSR count). The van der Waals surface area contributed by atoms with Crippen molar-refractivity contribution in [3.8, 4) is 0 Å². The van der Waals surface area contributed by atoms with Crippen LogP contribution in [-0.2, 0) is 19.1 Å². The number of fused-ring (bicyclic) bond motifs is 5. The lowest BCUT2D eigenvalue weighted by Crippen LogP contribution is -2.44. The largest absolute Gasteiger partial charge is 0.465 e. The Bertz CT molecular complexity index is 458. The van der Waals surface area contributed by atoms with Gasteiger partial charge in [-0.1, -0.05) is 6.92 Å². The Morgan fingerprint density at radius 1 is 1.38 bits per heavy atom. The van der Waals surface area contributed by atoms with Crippen molar-refractivity contribution in [2.45, 2.75) is 39.7 Å². The Morgan fingerprint density at radius 2 is 2.10 bits per heavy atom. The number of aliphatic hydroxyl groups is 1. The van der Waals surface area contributed by atoms with Crippen LogP contribution in [0.3, 0.4) is 0 Å². The van der Waals surface area contributed by atoms with Gasteiger partial charge >= 0.3 is 11.9 Å². The molecule has 0 radical (unpaired) electrons. The van der Waals surface area contributed by atoms with Crippen molar-refractivity contribution in [3.05, 3.63) is 0 Å². The van der Waals surface area contributed by atoms with E-state index in [-0.39, 0.29) is 54.2 Å². The standard InChI is InChI=1S/C16H24O5/c1-4-16(2,3)15(19)21-13-9-5-8(10(13)6-17)12-11(9)7-20-14(12)18/h8-13,17H,4-7H2,1-3H3. The minimum absolute atomic E-state index is 0.0395. The average molecular weight is 296 g/mol. The Labute approximate surface area is 125 Å². The molecule has 0 aromatic rings. The topological polar surface area (TPSA) is 72.8 Å². The van der Waals surface area contributed by atoms with E-state index in [0.717, 1.165) is 6.42 Å². The van der Waals surface area contributed by atoms with Gasteiger partial charge in [-0.05, 0) is 32.6 Å². The lowest BCUT2D eigenvalue weighted by atomic mass is 9.74. The third-order valence-electron chi connectivity index (χ3n) is 5.99. The van der Waals surface area contributed by atoms with E-state index in [0.29, 0.717) is 13.0 Å². The molecule has 5 heteroatoms. The van der Waals surface area contributed by atoms with Gasteiger partial charge in [0.05, 0.1) is 17.9 Å². The molecule has 3 aliphatic rings. The summed E-state index contributed by atoms with van der Waals surface area (Å²) >= 11 is 0. The highest BCUT2D eigenvalue weighted by molar-refractivity contribution is 5.77. The van der Waals surface area contributed by atoms with Gasteiger partial charge in [-0.3, -0.25) is 9.59 Å². The number of ether oxygens (including phenoxy) is 2. The fourth-order valence-corrected chi connectivity index (χ4v) is 4.29. The van der Waals surface area contributed by atoms with Gasteiger partial charge in [0.25, 0.3) is 0 Å². The van der Waals surface area contributed by atoms with Crippen molar-refractivity contribution >= 4 is 11.9 Å². The highest BCUT2D eigenvalue weighted by atomic mass is 16.6. The number of carbonyl (C=O) groups is 2. The van der Waals surface area contributed by atoms with Crippen LogP contribution in [0.4, 0.5) is 0 Å². The van der Waals surface area contributed by atoms with Crippen LogP contribution in [0, 0.1) is 35.0 Å². The first-order valence-electron chi connectivity index (χ1n) is 7.89. The number of hydrogen-bond donors (Lipinski definition) is 1. The zero-order valence-corrected chi connectivity index (χ0v) is 12.9. The minimum atomic E-state index is -0.511. The smallest absolute Gasteiger partial charge is 0.311 e. The molecular formula is C16H24O5. The van der Waals surface area contributed by atoms with Crippen LogP contribution in [0.2, 0.25) is 0 Å². The molecule has 2 bridgehead atoms. The first-order valence-corrected chi connectivity index (χ1v) is 7.89. The first kappa shape index (κ1) is 14.8. The summed E-state index contributed by atoms with van der Waals surface area (Å²) in [6.45, 7) is 6.12. The molecule has 1 aliphatic heterocycles. The molecule has 1 N–H and O–H groups in total. The predicted molar refractivity (Wildman–Crippen MR) is 74.1 cm³/mol. The van der Waals surface area contributed by atoms with Crippen LogP contribution in [0.5, 0.6) is 0 Å². The molecule has 0 amide bonds. The van der Waals surface area contributed by atoms with E-state index in [2.05, 4.69) is 0 Å². The molecule has 6 atom stereocenters. The van der Waals surface area contributed by atoms with E-state index >= 15 is 0 Å². The van der Waals surface area contributed by atoms with E-state index in [4.69, 9.17) is 9.47 Å². The molecule has 2 saturated carbocycles. The summed E-state index contributed by atoms with van der Waals surface area (Å²) in [4.78, 5) is 24.2. The molecule has 1 saturated heterocycles.